The number of amides is 1. The quantitative estimate of drug-likeness (QED) is 0.648. The zero-order chi connectivity index (χ0) is 14.9. The van der Waals surface area contributed by atoms with E-state index in [1.165, 1.54) is 0 Å². The van der Waals surface area contributed by atoms with Crippen LogP contribution in [0.2, 0.25) is 0 Å². The van der Waals surface area contributed by atoms with Crippen LogP contribution in [0.3, 0.4) is 0 Å². The van der Waals surface area contributed by atoms with Gasteiger partial charge in [-0.25, -0.2) is 4.39 Å². The number of benzene rings is 1. The van der Waals surface area contributed by atoms with Crippen molar-refractivity contribution in [2.24, 2.45) is 0 Å². The summed E-state index contributed by atoms with van der Waals surface area (Å²) in [5.74, 6) is -3.57. The van der Waals surface area contributed by atoms with Crippen LogP contribution in [-0.2, 0) is 0 Å². The summed E-state index contributed by atoms with van der Waals surface area (Å²) >= 11 is 0. The summed E-state index contributed by atoms with van der Waals surface area (Å²) in [5.41, 5.74) is -2.47. The van der Waals surface area contributed by atoms with Crippen molar-refractivity contribution in [3.05, 3.63) is 39.4 Å². The number of halogens is 2. The minimum Gasteiger partial charge on any atom is -0.345 e. The summed E-state index contributed by atoms with van der Waals surface area (Å²) in [6.45, 7) is 2.88. The van der Waals surface area contributed by atoms with Crippen molar-refractivity contribution in [1.82, 2.24) is 10.6 Å². The second-order valence-electron chi connectivity index (χ2n) is 4.95. The van der Waals surface area contributed by atoms with E-state index in [1.807, 2.05) is 0 Å². The zero-order valence-electron chi connectivity index (χ0n) is 10.7. The van der Waals surface area contributed by atoms with Crippen LogP contribution in [0, 0.1) is 21.7 Å². The molecule has 1 aliphatic heterocycles. The van der Waals surface area contributed by atoms with E-state index in [9.17, 15) is 23.7 Å². The van der Waals surface area contributed by atoms with Gasteiger partial charge >= 0.3 is 5.69 Å². The SMILES string of the molecule is CC1(NC(=O)c2c(F)ccc([N+](=O)[O-])c2F)CCNC1. The summed E-state index contributed by atoms with van der Waals surface area (Å²) in [4.78, 5) is 21.6. The van der Waals surface area contributed by atoms with Crippen molar-refractivity contribution in [3.63, 3.8) is 0 Å². The normalized spacial score (nSPS) is 21.8. The minimum atomic E-state index is -1.46. The molecule has 0 aliphatic carbocycles. The number of hydrogen-bond donors (Lipinski definition) is 2. The molecule has 1 unspecified atom stereocenters. The van der Waals surface area contributed by atoms with Crippen molar-refractivity contribution in [1.29, 1.82) is 0 Å². The summed E-state index contributed by atoms with van der Waals surface area (Å²) in [6, 6.07) is 1.41. The maximum atomic E-state index is 13.9. The van der Waals surface area contributed by atoms with E-state index in [-0.39, 0.29) is 0 Å². The molecule has 20 heavy (non-hydrogen) atoms. The van der Waals surface area contributed by atoms with Crippen LogP contribution in [0.4, 0.5) is 14.5 Å². The van der Waals surface area contributed by atoms with E-state index >= 15 is 0 Å². The molecule has 108 valence electrons. The van der Waals surface area contributed by atoms with Gasteiger partial charge in [0.2, 0.25) is 5.82 Å². The lowest BCUT2D eigenvalue weighted by Gasteiger charge is -2.24. The molecule has 1 saturated heterocycles. The lowest BCUT2D eigenvalue weighted by molar-refractivity contribution is -0.387. The fourth-order valence-corrected chi connectivity index (χ4v) is 2.15. The fraction of sp³-hybridized carbons (Fsp3) is 0.417. The molecule has 6 nitrogen and oxygen atoms in total. The Morgan fingerprint density at radius 1 is 1.50 bits per heavy atom. The molecule has 0 saturated carbocycles. The highest BCUT2D eigenvalue weighted by Crippen LogP contribution is 2.24. The van der Waals surface area contributed by atoms with Gasteiger partial charge in [0.05, 0.1) is 10.5 Å². The first-order valence-corrected chi connectivity index (χ1v) is 6.00. The van der Waals surface area contributed by atoms with Gasteiger partial charge in [-0.05, 0) is 26.0 Å². The van der Waals surface area contributed by atoms with Crippen molar-refractivity contribution in [3.8, 4) is 0 Å². The van der Waals surface area contributed by atoms with Crippen LogP contribution < -0.4 is 10.6 Å². The predicted molar refractivity (Wildman–Crippen MR) is 66.4 cm³/mol. The highest BCUT2D eigenvalue weighted by molar-refractivity contribution is 5.96. The van der Waals surface area contributed by atoms with Gasteiger partial charge in [0.1, 0.15) is 11.4 Å². The molecule has 0 radical (unpaired) electrons. The fourth-order valence-electron chi connectivity index (χ4n) is 2.15. The van der Waals surface area contributed by atoms with Crippen molar-refractivity contribution < 1.29 is 18.5 Å². The second kappa shape index (κ2) is 5.12. The van der Waals surface area contributed by atoms with Gasteiger partial charge in [0.25, 0.3) is 5.91 Å². The average Bonchev–Trinajstić information content (AvgIpc) is 2.75. The van der Waals surface area contributed by atoms with Gasteiger partial charge in [0, 0.05) is 12.6 Å². The van der Waals surface area contributed by atoms with E-state index in [0.717, 1.165) is 0 Å². The van der Waals surface area contributed by atoms with Gasteiger partial charge in [0.15, 0.2) is 0 Å². The molecule has 1 atom stereocenters. The van der Waals surface area contributed by atoms with Crippen molar-refractivity contribution in [2.75, 3.05) is 13.1 Å². The molecule has 1 aromatic rings. The summed E-state index contributed by atoms with van der Waals surface area (Å²) in [7, 11) is 0. The third-order valence-corrected chi connectivity index (χ3v) is 3.28. The number of nitro groups is 1. The number of carbonyl (C=O) groups is 1. The average molecular weight is 285 g/mol. The van der Waals surface area contributed by atoms with Gasteiger partial charge in [-0.15, -0.1) is 0 Å². The van der Waals surface area contributed by atoms with Crippen LogP contribution in [0.25, 0.3) is 0 Å². The molecule has 0 spiro atoms. The molecule has 1 aliphatic rings. The van der Waals surface area contributed by atoms with E-state index in [2.05, 4.69) is 10.6 Å². The van der Waals surface area contributed by atoms with Crippen LogP contribution in [0.1, 0.15) is 23.7 Å². The lowest BCUT2D eigenvalue weighted by atomic mass is 10.0. The van der Waals surface area contributed by atoms with Gasteiger partial charge in [-0.3, -0.25) is 14.9 Å². The van der Waals surface area contributed by atoms with E-state index < -0.39 is 39.3 Å². The number of carbonyl (C=O) groups excluding carboxylic acids is 1. The Bertz CT molecular complexity index is 571. The molecule has 2 rings (SSSR count). The van der Waals surface area contributed by atoms with Gasteiger partial charge in [-0.2, -0.15) is 4.39 Å². The molecule has 1 amide bonds. The molecule has 2 N–H and O–H groups in total. The first-order chi connectivity index (χ1) is 9.34. The largest absolute Gasteiger partial charge is 0.345 e. The number of nitrogens with one attached hydrogen (secondary N) is 2. The number of rotatable bonds is 3. The van der Waals surface area contributed by atoms with E-state index in [4.69, 9.17) is 0 Å². The molecular formula is C12H13F2N3O3. The Morgan fingerprint density at radius 2 is 2.20 bits per heavy atom. The smallest absolute Gasteiger partial charge is 0.305 e. The Kier molecular flexibility index (Phi) is 3.67. The van der Waals surface area contributed by atoms with Crippen molar-refractivity contribution >= 4 is 11.6 Å². The van der Waals surface area contributed by atoms with Gasteiger partial charge < -0.3 is 10.6 Å². The highest BCUT2D eigenvalue weighted by atomic mass is 19.1. The summed E-state index contributed by atoms with van der Waals surface area (Å²) < 4.78 is 27.5. The van der Waals surface area contributed by atoms with Gasteiger partial charge in [-0.1, -0.05) is 0 Å². The third-order valence-electron chi connectivity index (χ3n) is 3.28. The number of nitrogens with zero attached hydrogens (tertiary/aromatic N) is 1. The second-order valence-corrected chi connectivity index (χ2v) is 4.95. The van der Waals surface area contributed by atoms with E-state index in [1.54, 1.807) is 6.92 Å². The maximum absolute atomic E-state index is 13.9. The Balaban J connectivity index is 2.34. The molecule has 0 aromatic heterocycles. The summed E-state index contributed by atoms with van der Waals surface area (Å²) in [5, 5.41) is 16.2. The monoisotopic (exact) mass is 285 g/mol. The lowest BCUT2D eigenvalue weighted by Crippen LogP contribution is -2.48. The standard InChI is InChI=1S/C12H13F2N3O3/c1-12(4-5-15-6-12)16-11(18)9-7(13)2-3-8(10(9)14)17(19)20/h2-3,15H,4-6H2,1H3,(H,16,18). The Labute approximate surface area is 113 Å². The predicted octanol–water partition coefficient (Wildman–Crippen LogP) is 1.35. The van der Waals surface area contributed by atoms with Crippen LogP contribution >= 0.6 is 0 Å². The third kappa shape index (κ3) is 2.60. The zero-order valence-corrected chi connectivity index (χ0v) is 10.7. The molecule has 8 heteroatoms. The molecular weight excluding hydrogens is 272 g/mol. The molecule has 1 aromatic carbocycles. The molecule has 0 bridgehead atoms. The Hall–Kier alpha value is -2.09. The number of nitro benzene ring substituents is 1. The van der Waals surface area contributed by atoms with E-state index in [0.29, 0.717) is 31.6 Å². The Morgan fingerprint density at radius 3 is 2.75 bits per heavy atom. The highest BCUT2D eigenvalue weighted by Gasteiger charge is 2.33. The van der Waals surface area contributed by atoms with Crippen LogP contribution in [0.5, 0.6) is 0 Å². The van der Waals surface area contributed by atoms with Crippen LogP contribution in [0.15, 0.2) is 12.1 Å². The number of hydrogen-bond acceptors (Lipinski definition) is 4. The maximum Gasteiger partial charge on any atom is 0.305 e. The first kappa shape index (κ1) is 14.3. The van der Waals surface area contributed by atoms with Crippen molar-refractivity contribution in [2.45, 2.75) is 18.9 Å². The molecule has 1 fully saturated rings. The summed E-state index contributed by atoms with van der Waals surface area (Å²) in [6.07, 6.45) is 0.608. The molecule has 1 heterocycles. The first-order valence-electron chi connectivity index (χ1n) is 6.00. The topological polar surface area (TPSA) is 84.3 Å². The minimum absolute atomic E-state index is 0.469. The van der Waals surface area contributed by atoms with Crippen LogP contribution in [-0.4, -0.2) is 29.5 Å².